The van der Waals surface area contributed by atoms with E-state index in [2.05, 4.69) is 10.2 Å². The highest BCUT2D eigenvalue weighted by Gasteiger charge is 2.14. The lowest BCUT2D eigenvalue weighted by molar-refractivity contribution is 0.102. The quantitative estimate of drug-likeness (QED) is 0.679. The van der Waals surface area contributed by atoms with Crippen LogP contribution in [0.15, 0.2) is 16.0 Å². The van der Waals surface area contributed by atoms with E-state index in [1.165, 1.54) is 16.3 Å². The van der Waals surface area contributed by atoms with E-state index in [1.807, 2.05) is 26.8 Å². The van der Waals surface area contributed by atoms with Crippen LogP contribution in [-0.4, -0.2) is 26.3 Å². The average Bonchev–Trinajstić information content (AvgIpc) is 2.89. The van der Waals surface area contributed by atoms with Crippen molar-refractivity contribution in [3.8, 4) is 0 Å². The summed E-state index contributed by atoms with van der Waals surface area (Å²) in [6.45, 7) is 6.35. The summed E-state index contributed by atoms with van der Waals surface area (Å²) in [6.07, 6.45) is 0. The van der Waals surface area contributed by atoms with Gasteiger partial charge in [0.2, 0.25) is 0 Å². The highest BCUT2D eigenvalue weighted by atomic mass is 32.2. The number of aryl methyl sites for hydroxylation is 2. The summed E-state index contributed by atoms with van der Waals surface area (Å²) in [4.78, 5) is 25.7. The molecule has 0 atom stereocenters. The molecule has 2 rings (SSSR count). The zero-order valence-electron chi connectivity index (χ0n) is 11.0. The number of Topliss-reactive ketones (excluding diaryl/α,β-unsaturated/α-hetero) is 1. The Balaban J connectivity index is 2.08. The number of hydrogen-bond donors (Lipinski definition) is 1. The molecular formula is C12H15N3O2S2. The molecule has 0 aliphatic heterocycles. The van der Waals surface area contributed by atoms with Gasteiger partial charge in [-0.15, -0.1) is 16.4 Å². The predicted molar refractivity (Wildman–Crippen MR) is 77.4 cm³/mol. The van der Waals surface area contributed by atoms with Gasteiger partial charge in [0.05, 0.1) is 5.75 Å². The Bertz CT molecular complexity index is 654. The average molecular weight is 297 g/mol. The Labute approximate surface area is 119 Å². The van der Waals surface area contributed by atoms with Crippen LogP contribution in [0.5, 0.6) is 0 Å². The van der Waals surface area contributed by atoms with Gasteiger partial charge in [0, 0.05) is 21.9 Å². The van der Waals surface area contributed by atoms with Crippen LogP contribution in [0, 0.1) is 13.8 Å². The Morgan fingerprint density at radius 3 is 2.84 bits per heavy atom. The van der Waals surface area contributed by atoms with E-state index in [-0.39, 0.29) is 11.5 Å². The third kappa shape index (κ3) is 2.98. The summed E-state index contributed by atoms with van der Waals surface area (Å²) in [5, 5.41) is 6.87. The molecule has 0 aliphatic rings. The third-order valence-electron chi connectivity index (χ3n) is 2.71. The van der Waals surface area contributed by atoms with Crippen molar-refractivity contribution in [2.75, 3.05) is 5.75 Å². The molecule has 2 aromatic rings. The topological polar surface area (TPSA) is 67.8 Å². The number of aromatic amines is 1. The lowest BCUT2D eigenvalue weighted by Gasteiger charge is -2.01. The number of nitrogens with zero attached hydrogens (tertiary/aromatic N) is 2. The number of aromatic nitrogens is 3. The summed E-state index contributed by atoms with van der Waals surface area (Å²) in [6, 6.07) is 1.92. The predicted octanol–water partition coefficient (Wildman–Crippen LogP) is 2.24. The van der Waals surface area contributed by atoms with E-state index in [0.717, 1.165) is 15.3 Å². The molecule has 0 fully saturated rings. The number of thioether (sulfide) groups is 1. The first-order valence-electron chi connectivity index (χ1n) is 5.91. The molecule has 0 aromatic carbocycles. The minimum absolute atomic E-state index is 0.0740. The van der Waals surface area contributed by atoms with E-state index in [4.69, 9.17) is 0 Å². The van der Waals surface area contributed by atoms with Gasteiger partial charge in [0.25, 0.3) is 0 Å². The minimum Gasteiger partial charge on any atom is -0.293 e. The fourth-order valence-electron chi connectivity index (χ4n) is 1.81. The van der Waals surface area contributed by atoms with Gasteiger partial charge in [-0.05, 0) is 26.8 Å². The Morgan fingerprint density at radius 2 is 2.26 bits per heavy atom. The van der Waals surface area contributed by atoms with Crippen molar-refractivity contribution in [3.05, 3.63) is 31.9 Å². The normalized spacial score (nSPS) is 10.9. The molecule has 102 valence electrons. The molecule has 0 amide bonds. The maximum atomic E-state index is 12.1. The zero-order valence-corrected chi connectivity index (χ0v) is 12.7. The summed E-state index contributed by atoms with van der Waals surface area (Å²) in [7, 11) is 0. The highest BCUT2D eigenvalue weighted by molar-refractivity contribution is 7.99. The fraction of sp³-hybridized carbons (Fsp3) is 0.417. The summed E-state index contributed by atoms with van der Waals surface area (Å²) >= 11 is 2.91. The van der Waals surface area contributed by atoms with Crippen molar-refractivity contribution >= 4 is 28.9 Å². The molecule has 5 nitrogen and oxygen atoms in total. The maximum Gasteiger partial charge on any atom is 0.343 e. The number of nitrogens with one attached hydrogen (secondary N) is 1. The zero-order chi connectivity index (χ0) is 14.0. The van der Waals surface area contributed by atoms with E-state index >= 15 is 0 Å². The van der Waals surface area contributed by atoms with Gasteiger partial charge >= 0.3 is 5.69 Å². The van der Waals surface area contributed by atoms with Crippen LogP contribution >= 0.6 is 23.1 Å². The van der Waals surface area contributed by atoms with E-state index < -0.39 is 0 Å². The maximum absolute atomic E-state index is 12.1. The second-order valence-electron chi connectivity index (χ2n) is 4.09. The monoisotopic (exact) mass is 297 g/mol. The number of H-pyrrole nitrogens is 1. The lowest BCUT2D eigenvalue weighted by atomic mass is 10.2. The number of ketones is 1. The second kappa shape index (κ2) is 5.75. The van der Waals surface area contributed by atoms with E-state index in [0.29, 0.717) is 17.5 Å². The van der Waals surface area contributed by atoms with Crippen LogP contribution in [0.1, 0.15) is 27.0 Å². The molecule has 7 heteroatoms. The SMILES string of the molecule is CCn1c(SCC(=O)c2cc(C)sc2C)n[nH]c1=O. The van der Waals surface area contributed by atoms with Crippen LogP contribution in [0.2, 0.25) is 0 Å². The Hall–Kier alpha value is -1.34. The Morgan fingerprint density at radius 1 is 1.53 bits per heavy atom. The van der Waals surface area contributed by atoms with Crippen molar-refractivity contribution in [3.63, 3.8) is 0 Å². The second-order valence-corrected chi connectivity index (χ2v) is 6.50. The fourth-order valence-corrected chi connectivity index (χ4v) is 3.64. The van der Waals surface area contributed by atoms with Crippen LogP contribution < -0.4 is 5.69 Å². The third-order valence-corrected chi connectivity index (χ3v) is 4.66. The standard InChI is InChI=1S/C12H15N3O2S2/c1-4-15-11(17)13-14-12(15)18-6-10(16)9-5-7(2)19-8(9)3/h5H,4,6H2,1-3H3,(H,13,17). The molecule has 19 heavy (non-hydrogen) atoms. The first kappa shape index (κ1) is 14.1. The molecule has 2 heterocycles. The van der Waals surface area contributed by atoms with Crippen molar-refractivity contribution in [2.24, 2.45) is 0 Å². The molecule has 0 saturated carbocycles. The molecule has 2 aromatic heterocycles. The first-order chi connectivity index (χ1) is 9.02. The highest BCUT2D eigenvalue weighted by Crippen LogP contribution is 2.23. The van der Waals surface area contributed by atoms with Gasteiger partial charge in [0.15, 0.2) is 10.9 Å². The van der Waals surface area contributed by atoms with E-state index in [1.54, 1.807) is 11.3 Å². The smallest absolute Gasteiger partial charge is 0.293 e. The molecule has 0 aliphatic carbocycles. The molecule has 1 N–H and O–H groups in total. The molecule has 0 radical (unpaired) electrons. The number of hydrogen-bond acceptors (Lipinski definition) is 5. The van der Waals surface area contributed by atoms with E-state index in [9.17, 15) is 9.59 Å². The molecule has 0 saturated heterocycles. The minimum atomic E-state index is -0.236. The van der Waals surface area contributed by atoms with Crippen molar-refractivity contribution in [1.29, 1.82) is 0 Å². The number of carbonyl (C=O) groups excluding carboxylic acids is 1. The number of rotatable bonds is 5. The van der Waals surface area contributed by atoms with Gasteiger partial charge in [-0.1, -0.05) is 11.8 Å². The van der Waals surface area contributed by atoms with Gasteiger partial charge in [-0.25, -0.2) is 9.89 Å². The molecule has 0 unspecified atom stereocenters. The van der Waals surface area contributed by atoms with Gasteiger partial charge in [0.1, 0.15) is 0 Å². The van der Waals surface area contributed by atoms with Gasteiger partial charge < -0.3 is 0 Å². The largest absolute Gasteiger partial charge is 0.343 e. The Kier molecular flexibility index (Phi) is 4.26. The van der Waals surface area contributed by atoms with Crippen molar-refractivity contribution in [1.82, 2.24) is 14.8 Å². The summed E-state index contributed by atoms with van der Waals surface area (Å²) in [5.41, 5.74) is 0.538. The van der Waals surface area contributed by atoms with Crippen LogP contribution in [0.3, 0.4) is 0 Å². The van der Waals surface area contributed by atoms with Crippen LogP contribution in [0.4, 0.5) is 0 Å². The van der Waals surface area contributed by atoms with Crippen molar-refractivity contribution in [2.45, 2.75) is 32.5 Å². The number of thiophene rings is 1. The van der Waals surface area contributed by atoms with Gasteiger partial charge in [-0.2, -0.15) is 0 Å². The van der Waals surface area contributed by atoms with Crippen molar-refractivity contribution < 1.29 is 4.79 Å². The summed E-state index contributed by atoms with van der Waals surface area (Å²) in [5.74, 6) is 0.367. The number of carbonyl (C=O) groups is 1. The lowest BCUT2D eigenvalue weighted by Crippen LogP contribution is -2.16. The molecular weight excluding hydrogens is 282 g/mol. The molecule has 0 bridgehead atoms. The first-order valence-corrected chi connectivity index (χ1v) is 7.71. The van der Waals surface area contributed by atoms with Gasteiger partial charge in [-0.3, -0.25) is 9.36 Å². The van der Waals surface area contributed by atoms with Crippen LogP contribution in [-0.2, 0) is 6.54 Å². The summed E-state index contributed by atoms with van der Waals surface area (Å²) < 4.78 is 1.52. The van der Waals surface area contributed by atoms with Crippen LogP contribution in [0.25, 0.3) is 0 Å². The molecule has 0 spiro atoms.